The van der Waals surface area contributed by atoms with Gasteiger partial charge in [-0.1, -0.05) is 20.8 Å². The lowest BCUT2D eigenvalue weighted by atomic mass is 10.0. The van der Waals surface area contributed by atoms with E-state index in [2.05, 4.69) is 18.7 Å². The fraction of sp³-hybridized carbons (Fsp3) is 1.00. The molecule has 104 valence electrons. The molecule has 3 atom stereocenters. The Morgan fingerprint density at radius 2 is 1.47 bits per heavy atom. The second-order valence-electron chi connectivity index (χ2n) is 5.31. The maximum atomic E-state index is 9.71. The average Bonchev–Trinajstić information content (AvgIpc) is 2.31. The predicted molar refractivity (Wildman–Crippen MR) is 69.9 cm³/mol. The first kappa shape index (κ1) is 16.8. The van der Waals surface area contributed by atoms with Crippen LogP contribution in [0.1, 0.15) is 40.0 Å². The summed E-state index contributed by atoms with van der Waals surface area (Å²) >= 11 is 0. The Balaban J connectivity index is 3.78. The molecule has 0 bridgehead atoms. The van der Waals surface area contributed by atoms with Crippen molar-refractivity contribution in [2.24, 2.45) is 5.92 Å². The van der Waals surface area contributed by atoms with Crippen LogP contribution in [0.5, 0.6) is 0 Å². The summed E-state index contributed by atoms with van der Waals surface area (Å²) in [6.45, 7) is 7.89. The van der Waals surface area contributed by atoms with Gasteiger partial charge in [-0.2, -0.15) is 0 Å². The number of aliphatic hydroxyl groups is 3. The molecule has 0 saturated heterocycles. The Labute approximate surface area is 105 Å². The second-order valence-corrected chi connectivity index (χ2v) is 5.31. The van der Waals surface area contributed by atoms with Crippen molar-refractivity contribution < 1.29 is 15.3 Å². The molecule has 3 N–H and O–H groups in total. The molecule has 0 aliphatic rings. The lowest BCUT2D eigenvalue weighted by Gasteiger charge is -2.24. The van der Waals surface area contributed by atoms with E-state index < -0.39 is 18.3 Å². The van der Waals surface area contributed by atoms with Crippen LogP contribution in [0.3, 0.4) is 0 Å². The zero-order chi connectivity index (χ0) is 13.4. The minimum Gasteiger partial charge on any atom is -0.390 e. The number of aliphatic hydroxyl groups excluding tert-OH is 3. The maximum absolute atomic E-state index is 9.71. The van der Waals surface area contributed by atoms with E-state index >= 15 is 0 Å². The summed E-state index contributed by atoms with van der Waals surface area (Å²) in [6.07, 6.45) is -0.614. The van der Waals surface area contributed by atoms with E-state index in [1.165, 1.54) is 0 Å². The van der Waals surface area contributed by atoms with Crippen LogP contribution < -0.4 is 0 Å². The smallest absolute Gasteiger partial charge is 0.106 e. The molecule has 0 spiro atoms. The van der Waals surface area contributed by atoms with Crippen molar-refractivity contribution in [1.29, 1.82) is 0 Å². The molecule has 0 aromatic rings. The van der Waals surface area contributed by atoms with Gasteiger partial charge in [0, 0.05) is 6.54 Å². The van der Waals surface area contributed by atoms with Crippen LogP contribution in [0, 0.1) is 5.92 Å². The predicted octanol–water partition coefficient (Wildman–Crippen LogP) is 0.847. The van der Waals surface area contributed by atoms with E-state index in [0.29, 0.717) is 18.8 Å². The molecule has 4 nitrogen and oxygen atoms in total. The fourth-order valence-electron chi connectivity index (χ4n) is 1.61. The van der Waals surface area contributed by atoms with Crippen molar-refractivity contribution in [3.05, 3.63) is 0 Å². The largest absolute Gasteiger partial charge is 0.390 e. The van der Waals surface area contributed by atoms with E-state index in [1.807, 2.05) is 7.05 Å². The molecule has 0 rings (SSSR count). The van der Waals surface area contributed by atoms with Crippen LogP contribution in [-0.2, 0) is 0 Å². The van der Waals surface area contributed by atoms with Gasteiger partial charge in [-0.15, -0.1) is 0 Å². The molecule has 0 saturated carbocycles. The third-order valence-electron chi connectivity index (χ3n) is 3.10. The molecule has 0 aromatic heterocycles. The van der Waals surface area contributed by atoms with Crippen molar-refractivity contribution in [3.63, 3.8) is 0 Å². The van der Waals surface area contributed by atoms with E-state index in [0.717, 1.165) is 19.5 Å². The SMILES string of the molecule is CCC(O)C(O)C(O)CCN(C)CCC(C)C. The summed E-state index contributed by atoms with van der Waals surface area (Å²) in [5.41, 5.74) is 0. The van der Waals surface area contributed by atoms with Crippen LogP contribution in [-0.4, -0.2) is 58.7 Å². The fourth-order valence-corrected chi connectivity index (χ4v) is 1.61. The van der Waals surface area contributed by atoms with Gasteiger partial charge in [0.05, 0.1) is 12.2 Å². The van der Waals surface area contributed by atoms with Gasteiger partial charge in [0.15, 0.2) is 0 Å². The monoisotopic (exact) mass is 247 g/mol. The number of hydrogen-bond acceptors (Lipinski definition) is 4. The molecule has 0 aliphatic heterocycles. The normalized spacial score (nSPS) is 17.5. The van der Waals surface area contributed by atoms with Crippen LogP contribution in [0.25, 0.3) is 0 Å². The highest BCUT2D eigenvalue weighted by Crippen LogP contribution is 2.08. The molecule has 4 heteroatoms. The van der Waals surface area contributed by atoms with Gasteiger partial charge >= 0.3 is 0 Å². The summed E-state index contributed by atoms with van der Waals surface area (Å²) in [7, 11) is 2.01. The van der Waals surface area contributed by atoms with Crippen molar-refractivity contribution >= 4 is 0 Å². The standard InChI is InChI=1S/C13H29NO3/c1-5-11(15)13(17)12(16)7-9-14(4)8-6-10(2)3/h10-13,15-17H,5-9H2,1-4H3. The summed E-state index contributed by atoms with van der Waals surface area (Å²) in [5.74, 6) is 0.676. The van der Waals surface area contributed by atoms with E-state index in [4.69, 9.17) is 0 Å². The lowest BCUT2D eigenvalue weighted by Crippen LogP contribution is -2.39. The lowest BCUT2D eigenvalue weighted by molar-refractivity contribution is -0.0641. The zero-order valence-corrected chi connectivity index (χ0v) is 11.6. The number of hydrogen-bond donors (Lipinski definition) is 3. The van der Waals surface area contributed by atoms with Gasteiger partial charge in [0.2, 0.25) is 0 Å². The Morgan fingerprint density at radius 3 is 1.94 bits per heavy atom. The first-order valence-corrected chi connectivity index (χ1v) is 6.61. The minimum absolute atomic E-state index is 0.460. The van der Waals surface area contributed by atoms with Crippen LogP contribution in [0.4, 0.5) is 0 Å². The third kappa shape index (κ3) is 7.71. The molecule has 0 fully saturated rings. The Kier molecular flexibility index (Phi) is 8.78. The molecule has 0 amide bonds. The molecule has 17 heavy (non-hydrogen) atoms. The van der Waals surface area contributed by atoms with E-state index in [9.17, 15) is 15.3 Å². The molecule has 0 heterocycles. The highest BCUT2D eigenvalue weighted by Gasteiger charge is 2.23. The van der Waals surface area contributed by atoms with Crippen molar-refractivity contribution in [1.82, 2.24) is 4.90 Å². The van der Waals surface area contributed by atoms with Gasteiger partial charge in [-0.25, -0.2) is 0 Å². The third-order valence-corrected chi connectivity index (χ3v) is 3.10. The molecular formula is C13H29NO3. The summed E-state index contributed by atoms with van der Waals surface area (Å²) < 4.78 is 0. The summed E-state index contributed by atoms with van der Waals surface area (Å²) in [4.78, 5) is 2.15. The Hall–Kier alpha value is -0.160. The first-order chi connectivity index (χ1) is 7.88. The van der Waals surface area contributed by atoms with Crippen molar-refractivity contribution in [3.8, 4) is 0 Å². The van der Waals surface area contributed by atoms with Gasteiger partial charge in [-0.3, -0.25) is 0 Å². The van der Waals surface area contributed by atoms with Crippen LogP contribution >= 0.6 is 0 Å². The van der Waals surface area contributed by atoms with Gasteiger partial charge in [-0.05, 0) is 38.8 Å². The molecule has 3 unspecified atom stereocenters. The average molecular weight is 247 g/mol. The summed E-state index contributed by atoms with van der Waals surface area (Å²) in [5, 5.41) is 28.7. The molecular weight excluding hydrogens is 218 g/mol. The highest BCUT2D eigenvalue weighted by atomic mass is 16.4. The van der Waals surface area contributed by atoms with Crippen molar-refractivity contribution in [2.45, 2.75) is 58.3 Å². The molecule has 0 aromatic carbocycles. The van der Waals surface area contributed by atoms with E-state index in [1.54, 1.807) is 6.92 Å². The Morgan fingerprint density at radius 1 is 0.941 bits per heavy atom. The number of rotatable bonds is 9. The zero-order valence-electron chi connectivity index (χ0n) is 11.6. The summed E-state index contributed by atoms with van der Waals surface area (Å²) in [6, 6.07) is 0. The number of nitrogens with zero attached hydrogens (tertiary/aromatic N) is 1. The Bertz CT molecular complexity index is 188. The maximum Gasteiger partial charge on any atom is 0.106 e. The van der Waals surface area contributed by atoms with E-state index in [-0.39, 0.29) is 0 Å². The van der Waals surface area contributed by atoms with Crippen molar-refractivity contribution in [2.75, 3.05) is 20.1 Å². The van der Waals surface area contributed by atoms with Crippen LogP contribution in [0.2, 0.25) is 0 Å². The van der Waals surface area contributed by atoms with Gasteiger partial charge in [0.25, 0.3) is 0 Å². The molecule has 0 aliphatic carbocycles. The van der Waals surface area contributed by atoms with Gasteiger partial charge < -0.3 is 20.2 Å². The topological polar surface area (TPSA) is 63.9 Å². The minimum atomic E-state index is -1.03. The quantitative estimate of drug-likeness (QED) is 0.565. The second kappa shape index (κ2) is 8.86. The molecule has 0 radical (unpaired) electrons. The van der Waals surface area contributed by atoms with Crippen LogP contribution in [0.15, 0.2) is 0 Å². The highest BCUT2D eigenvalue weighted by molar-refractivity contribution is 4.75. The van der Waals surface area contributed by atoms with Gasteiger partial charge in [0.1, 0.15) is 6.10 Å². The first-order valence-electron chi connectivity index (χ1n) is 6.61.